The molecule has 0 bridgehead atoms. The summed E-state index contributed by atoms with van der Waals surface area (Å²) < 4.78 is 5.92. The number of aryl methyl sites for hydroxylation is 3. The van der Waals surface area contributed by atoms with Gasteiger partial charge in [-0.05, 0) is 63.1 Å². The first-order valence-corrected chi connectivity index (χ1v) is 8.95. The fourth-order valence-corrected chi connectivity index (χ4v) is 2.54. The van der Waals surface area contributed by atoms with Crippen molar-refractivity contribution in [3.8, 4) is 5.75 Å². The lowest BCUT2D eigenvalue weighted by atomic mass is 10.00. The fraction of sp³-hybridized carbons (Fsp3) is 0.364. The van der Waals surface area contributed by atoms with E-state index in [1.165, 1.54) is 5.56 Å². The molecule has 26 heavy (non-hydrogen) atoms. The van der Waals surface area contributed by atoms with E-state index in [9.17, 15) is 0 Å². The van der Waals surface area contributed by atoms with Gasteiger partial charge in [0.2, 0.25) is 0 Å². The highest BCUT2D eigenvalue weighted by atomic mass is 16.5. The molecule has 0 saturated carbocycles. The molecule has 0 amide bonds. The molecule has 0 aliphatic carbocycles. The van der Waals surface area contributed by atoms with Gasteiger partial charge in [-0.25, -0.2) is 4.99 Å². The minimum Gasteiger partial charge on any atom is -0.487 e. The second-order valence-corrected chi connectivity index (χ2v) is 6.54. The fourth-order valence-electron chi connectivity index (χ4n) is 2.54. The second kappa shape index (κ2) is 9.18. The smallest absolute Gasteiger partial charge is 0.130 e. The summed E-state index contributed by atoms with van der Waals surface area (Å²) in [6.07, 6.45) is 1.87. The van der Waals surface area contributed by atoms with Gasteiger partial charge in [0, 0.05) is 26.2 Å². The van der Waals surface area contributed by atoms with E-state index in [2.05, 4.69) is 54.7 Å². The Bertz CT molecular complexity index is 792. The predicted molar refractivity (Wildman–Crippen MR) is 112 cm³/mol. The minimum atomic E-state index is 0.445. The highest BCUT2D eigenvalue weighted by Gasteiger charge is 2.11. The van der Waals surface area contributed by atoms with Crippen LogP contribution in [0.1, 0.15) is 29.2 Å². The molecule has 0 unspecified atom stereocenters. The normalized spacial score (nSPS) is 11.8. The highest BCUT2D eigenvalue weighted by molar-refractivity contribution is 6.03. The van der Waals surface area contributed by atoms with E-state index in [4.69, 9.17) is 4.74 Å². The van der Waals surface area contributed by atoms with Crippen LogP contribution in [-0.4, -0.2) is 44.2 Å². The topological polar surface area (TPSA) is 37.2 Å². The van der Waals surface area contributed by atoms with E-state index in [0.29, 0.717) is 6.61 Å². The number of aliphatic imine (C=N–C) groups is 2. The number of rotatable bonds is 7. The number of ether oxygens (including phenoxy) is 1. The Kier molecular flexibility index (Phi) is 6.96. The number of hydrogen-bond acceptors (Lipinski definition) is 3. The van der Waals surface area contributed by atoms with Gasteiger partial charge in [-0.2, -0.15) is 0 Å². The molecule has 0 saturated heterocycles. The van der Waals surface area contributed by atoms with Crippen LogP contribution in [0, 0.1) is 20.8 Å². The lowest BCUT2D eigenvalue weighted by Gasteiger charge is -2.14. The first-order valence-electron chi connectivity index (χ1n) is 8.95. The van der Waals surface area contributed by atoms with Crippen molar-refractivity contribution in [2.45, 2.75) is 27.7 Å². The molecule has 0 aliphatic heterocycles. The third kappa shape index (κ3) is 5.19. The molecule has 2 rings (SSSR count). The lowest BCUT2D eigenvalue weighted by molar-refractivity contribution is 0.376. The molecule has 138 valence electrons. The van der Waals surface area contributed by atoms with Crippen LogP contribution in [0.25, 0.3) is 0 Å². The van der Waals surface area contributed by atoms with Gasteiger partial charge < -0.3 is 9.64 Å². The first-order chi connectivity index (χ1) is 12.4. The molecule has 2 aromatic rings. The van der Waals surface area contributed by atoms with E-state index < -0.39 is 0 Å². The van der Waals surface area contributed by atoms with E-state index >= 15 is 0 Å². The summed E-state index contributed by atoms with van der Waals surface area (Å²) in [6, 6.07) is 12.3. The van der Waals surface area contributed by atoms with Crippen LogP contribution in [0.15, 0.2) is 46.4 Å². The molecular weight excluding hydrogens is 322 g/mol. The van der Waals surface area contributed by atoms with Gasteiger partial charge in [-0.1, -0.05) is 17.7 Å². The van der Waals surface area contributed by atoms with Crippen molar-refractivity contribution in [1.82, 2.24) is 4.90 Å². The predicted octanol–water partition coefficient (Wildman–Crippen LogP) is 4.72. The third-order valence-corrected chi connectivity index (χ3v) is 4.41. The lowest BCUT2D eigenvalue weighted by Crippen LogP contribution is -2.15. The standard InChI is InChI=1S/C22H29N3O/c1-7-25(6)15-24-21-13-17(3)20(12-18(21)4)22(23-5)14-26-19-10-8-16(2)9-11-19/h8-13,15H,7,14H2,1-6H3/b23-22+,24-15-. The van der Waals surface area contributed by atoms with Crippen LogP contribution in [0.5, 0.6) is 5.75 Å². The number of hydrogen-bond donors (Lipinski definition) is 0. The van der Waals surface area contributed by atoms with Gasteiger partial charge in [-0.3, -0.25) is 4.99 Å². The van der Waals surface area contributed by atoms with Gasteiger partial charge in [0.25, 0.3) is 0 Å². The Morgan fingerprint density at radius 1 is 1.08 bits per heavy atom. The minimum absolute atomic E-state index is 0.445. The molecule has 0 N–H and O–H groups in total. The second-order valence-electron chi connectivity index (χ2n) is 6.54. The molecule has 0 aliphatic rings. The molecular formula is C22H29N3O. The summed E-state index contributed by atoms with van der Waals surface area (Å²) in [7, 11) is 3.83. The zero-order valence-corrected chi connectivity index (χ0v) is 16.7. The van der Waals surface area contributed by atoms with Crippen LogP contribution in [0.2, 0.25) is 0 Å². The molecule has 4 heteroatoms. The Morgan fingerprint density at radius 3 is 2.38 bits per heavy atom. The molecule has 0 atom stereocenters. The van der Waals surface area contributed by atoms with E-state index in [1.807, 2.05) is 44.7 Å². The quantitative estimate of drug-likeness (QED) is 0.534. The maximum atomic E-state index is 5.92. The van der Waals surface area contributed by atoms with Crippen molar-refractivity contribution in [2.75, 3.05) is 27.2 Å². The van der Waals surface area contributed by atoms with Crippen LogP contribution in [0.4, 0.5) is 5.69 Å². The summed E-state index contributed by atoms with van der Waals surface area (Å²) >= 11 is 0. The average molecular weight is 351 g/mol. The summed E-state index contributed by atoms with van der Waals surface area (Å²) in [5.74, 6) is 0.856. The molecule has 0 heterocycles. The molecule has 2 aromatic carbocycles. The third-order valence-electron chi connectivity index (χ3n) is 4.41. The Balaban J connectivity index is 2.18. The van der Waals surface area contributed by atoms with Crippen LogP contribution in [-0.2, 0) is 0 Å². The van der Waals surface area contributed by atoms with Crippen molar-refractivity contribution in [2.24, 2.45) is 9.98 Å². The zero-order chi connectivity index (χ0) is 19.1. The Morgan fingerprint density at radius 2 is 1.77 bits per heavy atom. The maximum Gasteiger partial charge on any atom is 0.130 e. The van der Waals surface area contributed by atoms with Crippen molar-refractivity contribution < 1.29 is 4.74 Å². The van der Waals surface area contributed by atoms with Gasteiger partial charge in [0.05, 0.1) is 17.7 Å². The molecule has 0 radical (unpaired) electrons. The van der Waals surface area contributed by atoms with Crippen LogP contribution < -0.4 is 4.74 Å². The maximum absolute atomic E-state index is 5.92. The van der Waals surface area contributed by atoms with Crippen molar-refractivity contribution in [1.29, 1.82) is 0 Å². The molecule has 0 spiro atoms. The van der Waals surface area contributed by atoms with Gasteiger partial charge in [0.1, 0.15) is 12.4 Å². The summed E-state index contributed by atoms with van der Waals surface area (Å²) in [5, 5.41) is 0. The Hall–Kier alpha value is -2.62. The summed E-state index contributed by atoms with van der Waals surface area (Å²) in [6.45, 7) is 9.72. The monoisotopic (exact) mass is 351 g/mol. The highest BCUT2D eigenvalue weighted by Crippen LogP contribution is 2.24. The van der Waals surface area contributed by atoms with E-state index in [1.54, 1.807) is 0 Å². The van der Waals surface area contributed by atoms with Crippen LogP contribution in [0.3, 0.4) is 0 Å². The largest absolute Gasteiger partial charge is 0.487 e. The average Bonchev–Trinajstić information content (AvgIpc) is 2.64. The first kappa shape index (κ1) is 19.7. The van der Waals surface area contributed by atoms with Crippen molar-refractivity contribution in [3.63, 3.8) is 0 Å². The molecule has 0 fully saturated rings. The molecule has 0 aromatic heterocycles. The SMILES string of the molecule is CCN(C)/C=N\c1cc(C)c(/C(COc2ccc(C)cc2)=N/C)cc1C. The molecule has 4 nitrogen and oxygen atoms in total. The number of benzene rings is 2. The summed E-state index contributed by atoms with van der Waals surface area (Å²) in [5.41, 5.74) is 6.53. The summed E-state index contributed by atoms with van der Waals surface area (Å²) in [4.78, 5) is 11.1. The van der Waals surface area contributed by atoms with E-state index in [-0.39, 0.29) is 0 Å². The van der Waals surface area contributed by atoms with Crippen LogP contribution >= 0.6 is 0 Å². The van der Waals surface area contributed by atoms with Crippen molar-refractivity contribution >= 4 is 17.7 Å². The van der Waals surface area contributed by atoms with Crippen molar-refractivity contribution in [3.05, 3.63) is 58.7 Å². The van der Waals surface area contributed by atoms with E-state index in [0.717, 1.165) is 40.4 Å². The number of nitrogens with zero attached hydrogens (tertiary/aromatic N) is 3. The van der Waals surface area contributed by atoms with Gasteiger partial charge in [0.15, 0.2) is 0 Å². The van der Waals surface area contributed by atoms with Gasteiger partial charge >= 0.3 is 0 Å². The zero-order valence-electron chi connectivity index (χ0n) is 16.7. The Labute approximate surface area is 157 Å². The van der Waals surface area contributed by atoms with Gasteiger partial charge in [-0.15, -0.1) is 0 Å².